The molecule has 0 saturated carbocycles. The zero-order valence-electron chi connectivity index (χ0n) is 18.2. The molecule has 0 fully saturated rings. The fourth-order valence-electron chi connectivity index (χ4n) is 3.19. The zero-order valence-corrected chi connectivity index (χ0v) is 18.2. The van der Waals surface area contributed by atoms with Crippen molar-refractivity contribution in [1.29, 1.82) is 0 Å². The van der Waals surface area contributed by atoms with E-state index in [-0.39, 0.29) is 5.70 Å². The molecule has 5 nitrogen and oxygen atoms in total. The van der Waals surface area contributed by atoms with Gasteiger partial charge in [0.25, 0.3) is 0 Å². The summed E-state index contributed by atoms with van der Waals surface area (Å²) in [5.74, 6) is 0.212. The average molecular weight is 425 g/mol. The van der Waals surface area contributed by atoms with Gasteiger partial charge >= 0.3 is 11.9 Å². The van der Waals surface area contributed by atoms with Gasteiger partial charge < -0.3 is 9.47 Å². The molecule has 1 heterocycles. The quantitative estimate of drug-likeness (QED) is 0.300. The van der Waals surface area contributed by atoms with Crippen LogP contribution in [0.5, 0.6) is 5.75 Å². The highest BCUT2D eigenvalue weighted by atomic mass is 16.6. The van der Waals surface area contributed by atoms with Crippen molar-refractivity contribution in [1.82, 2.24) is 0 Å². The minimum atomic E-state index is -0.497. The van der Waals surface area contributed by atoms with Crippen LogP contribution < -0.4 is 4.74 Å². The van der Waals surface area contributed by atoms with Gasteiger partial charge in [0.15, 0.2) is 5.70 Å². The van der Waals surface area contributed by atoms with E-state index in [1.54, 1.807) is 42.5 Å². The van der Waals surface area contributed by atoms with Crippen molar-refractivity contribution in [3.05, 3.63) is 106 Å². The van der Waals surface area contributed by atoms with Crippen LogP contribution in [0.4, 0.5) is 0 Å². The summed E-state index contributed by atoms with van der Waals surface area (Å²) in [4.78, 5) is 28.9. The molecule has 0 bridgehead atoms. The smallest absolute Gasteiger partial charge is 0.363 e. The number of aliphatic imine (C=N–C) groups is 1. The van der Waals surface area contributed by atoms with E-state index in [0.717, 1.165) is 16.7 Å². The lowest BCUT2D eigenvalue weighted by Crippen LogP contribution is -2.08. The van der Waals surface area contributed by atoms with Crippen molar-refractivity contribution in [3.8, 4) is 5.75 Å². The van der Waals surface area contributed by atoms with E-state index >= 15 is 0 Å². The number of hydrogen-bond donors (Lipinski definition) is 0. The molecular weight excluding hydrogens is 402 g/mol. The molecule has 32 heavy (non-hydrogen) atoms. The van der Waals surface area contributed by atoms with Gasteiger partial charge in [-0.15, -0.1) is 0 Å². The highest BCUT2D eigenvalue weighted by Gasteiger charge is 2.24. The molecular formula is C27H23NO4. The Labute approximate surface area is 187 Å². The first kappa shape index (κ1) is 21.2. The summed E-state index contributed by atoms with van der Waals surface area (Å²) >= 11 is 0. The van der Waals surface area contributed by atoms with Gasteiger partial charge in [-0.2, -0.15) is 0 Å². The van der Waals surface area contributed by atoms with Gasteiger partial charge in [-0.25, -0.2) is 14.6 Å². The Kier molecular flexibility index (Phi) is 5.99. The largest absolute Gasteiger partial charge is 0.423 e. The zero-order chi connectivity index (χ0) is 22.7. The molecule has 0 atom stereocenters. The highest BCUT2D eigenvalue weighted by Crippen LogP contribution is 2.22. The molecule has 1 aliphatic rings. The minimum absolute atomic E-state index is 0.220. The first-order valence-electron chi connectivity index (χ1n) is 10.4. The molecule has 0 N–H and O–H groups in total. The van der Waals surface area contributed by atoms with Crippen molar-refractivity contribution < 1.29 is 19.1 Å². The van der Waals surface area contributed by atoms with Crippen molar-refractivity contribution in [3.63, 3.8) is 0 Å². The summed E-state index contributed by atoms with van der Waals surface area (Å²) in [6.07, 6.45) is 1.64. The lowest BCUT2D eigenvalue weighted by atomic mass is 10.0. The van der Waals surface area contributed by atoms with E-state index < -0.39 is 11.9 Å². The van der Waals surface area contributed by atoms with Crippen molar-refractivity contribution in [2.24, 2.45) is 4.99 Å². The maximum atomic E-state index is 12.3. The number of hydrogen-bond acceptors (Lipinski definition) is 5. The third-order valence-electron chi connectivity index (χ3n) is 5.13. The normalized spacial score (nSPS) is 14.4. The fourth-order valence-corrected chi connectivity index (χ4v) is 3.19. The first-order valence-corrected chi connectivity index (χ1v) is 10.4. The van der Waals surface area contributed by atoms with Crippen LogP contribution in [0.25, 0.3) is 6.08 Å². The van der Waals surface area contributed by atoms with Crippen LogP contribution in [0, 0.1) is 6.92 Å². The number of carbonyl (C=O) groups is 2. The number of cyclic esters (lactones) is 1. The SMILES string of the molecule is Cc1ccc(C(=O)Oc2ccc(/C=C3\N=C(c4ccc(C(C)C)cc4)OC3=O)cc2)cc1. The Morgan fingerprint density at radius 2 is 1.59 bits per heavy atom. The Hall–Kier alpha value is -3.99. The Bertz CT molecular complexity index is 1200. The molecule has 0 spiro atoms. The van der Waals surface area contributed by atoms with Crippen LogP contribution in [0.3, 0.4) is 0 Å². The van der Waals surface area contributed by atoms with E-state index in [1.807, 2.05) is 43.3 Å². The molecule has 0 radical (unpaired) electrons. The molecule has 0 amide bonds. The molecule has 0 aromatic heterocycles. The lowest BCUT2D eigenvalue weighted by molar-refractivity contribution is -0.129. The van der Waals surface area contributed by atoms with E-state index in [2.05, 4.69) is 18.8 Å². The summed E-state index contributed by atoms with van der Waals surface area (Å²) < 4.78 is 10.7. The number of rotatable bonds is 5. The molecule has 0 unspecified atom stereocenters. The second-order valence-corrected chi connectivity index (χ2v) is 7.94. The Morgan fingerprint density at radius 3 is 2.22 bits per heavy atom. The Morgan fingerprint density at radius 1 is 0.938 bits per heavy atom. The maximum absolute atomic E-state index is 12.3. The number of aryl methyl sites for hydroxylation is 1. The number of carbonyl (C=O) groups excluding carboxylic acids is 2. The highest BCUT2D eigenvalue weighted by molar-refractivity contribution is 6.12. The number of esters is 2. The van der Waals surface area contributed by atoms with Gasteiger partial charge in [-0.05, 0) is 66.4 Å². The van der Waals surface area contributed by atoms with Crippen molar-refractivity contribution in [2.75, 3.05) is 0 Å². The molecule has 3 aromatic carbocycles. The predicted octanol–water partition coefficient (Wildman–Crippen LogP) is 5.68. The second kappa shape index (κ2) is 9.02. The third-order valence-corrected chi connectivity index (χ3v) is 5.13. The van der Waals surface area contributed by atoms with Crippen LogP contribution in [0.1, 0.15) is 52.4 Å². The van der Waals surface area contributed by atoms with Crippen LogP contribution in [-0.4, -0.2) is 17.8 Å². The van der Waals surface area contributed by atoms with Crippen LogP contribution in [0.15, 0.2) is 83.5 Å². The number of nitrogens with zero attached hydrogens (tertiary/aromatic N) is 1. The van der Waals surface area contributed by atoms with Gasteiger partial charge in [-0.3, -0.25) is 0 Å². The number of benzene rings is 3. The van der Waals surface area contributed by atoms with Gasteiger partial charge in [-0.1, -0.05) is 55.8 Å². The topological polar surface area (TPSA) is 65.0 Å². The average Bonchev–Trinajstić information content (AvgIpc) is 3.15. The lowest BCUT2D eigenvalue weighted by Gasteiger charge is -2.05. The summed E-state index contributed by atoms with van der Waals surface area (Å²) in [7, 11) is 0. The fraction of sp³-hybridized carbons (Fsp3) is 0.148. The second-order valence-electron chi connectivity index (χ2n) is 7.94. The van der Waals surface area contributed by atoms with E-state index in [1.165, 1.54) is 5.56 Å². The molecule has 160 valence electrons. The summed E-state index contributed by atoms with van der Waals surface area (Å²) in [6, 6.07) is 21.9. The van der Waals surface area contributed by atoms with Crippen molar-refractivity contribution >= 4 is 23.9 Å². The van der Waals surface area contributed by atoms with E-state index in [9.17, 15) is 9.59 Å². The monoisotopic (exact) mass is 425 g/mol. The summed E-state index contributed by atoms with van der Waals surface area (Å²) in [5, 5.41) is 0. The number of ether oxygens (including phenoxy) is 2. The molecule has 4 rings (SSSR count). The van der Waals surface area contributed by atoms with Crippen LogP contribution in [-0.2, 0) is 9.53 Å². The minimum Gasteiger partial charge on any atom is -0.423 e. The standard InChI is InChI=1S/C27H23NO4/c1-17(2)20-10-12-21(13-11-20)25-28-24(27(30)32-25)16-19-6-14-23(15-7-19)31-26(29)22-8-4-18(3)5-9-22/h4-17H,1-3H3/b24-16-. The van der Waals surface area contributed by atoms with E-state index in [0.29, 0.717) is 23.1 Å². The molecule has 0 aliphatic carbocycles. The van der Waals surface area contributed by atoms with Gasteiger partial charge in [0.1, 0.15) is 5.75 Å². The summed E-state index contributed by atoms with van der Waals surface area (Å²) in [6.45, 7) is 6.20. The Balaban J connectivity index is 1.46. The molecule has 5 heteroatoms. The molecule has 1 aliphatic heterocycles. The van der Waals surface area contributed by atoms with Gasteiger partial charge in [0.2, 0.25) is 5.90 Å². The molecule has 3 aromatic rings. The van der Waals surface area contributed by atoms with Crippen LogP contribution in [0.2, 0.25) is 0 Å². The summed E-state index contributed by atoms with van der Waals surface area (Å²) in [5.41, 5.74) is 4.48. The van der Waals surface area contributed by atoms with Crippen LogP contribution >= 0.6 is 0 Å². The van der Waals surface area contributed by atoms with Gasteiger partial charge in [0, 0.05) is 5.56 Å². The maximum Gasteiger partial charge on any atom is 0.363 e. The van der Waals surface area contributed by atoms with E-state index in [4.69, 9.17) is 9.47 Å². The first-order chi connectivity index (χ1) is 15.4. The molecule has 0 saturated heterocycles. The van der Waals surface area contributed by atoms with Gasteiger partial charge in [0.05, 0.1) is 5.56 Å². The van der Waals surface area contributed by atoms with Crippen molar-refractivity contribution in [2.45, 2.75) is 26.7 Å². The third kappa shape index (κ3) is 4.83. The predicted molar refractivity (Wildman–Crippen MR) is 124 cm³/mol.